The highest BCUT2D eigenvalue weighted by Gasteiger charge is 2.23. The number of carbonyl (C=O) groups excluding carboxylic acids is 1. The lowest BCUT2D eigenvalue weighted by Crippen LogP contribution is -2.31. The minimum absolute atomic E-state index is 0.0165. The number of aromatic nitrogens is 3. The number of nitrogens with zero attached hydrogens (tertiary/aromatic N) is 4. The third kappa shape index (κ3) is 3.27. The smallest absolute Gasteiger partial charge is 0.260 e. The molecule has 0 aliphatic rings. The van der Waals surface area contributed by atoms with E-state index in [4.69, 9.17) is 0 Å². The van der Waals surface area contributed by atoms with Gasteiger partial charge in [-0.1, -0.05) is 6.07 Å². The van der Waals surface area contributed by atoms with E-state index in [0.29, 0.717) is 11.2 Å². The summed E-state index contributed by atoms with van der Waals surface area (Å²) in [6.07, 6.45) is 1.45. The quantitative estimate of drug-likeness (QED) is 0.510. The van der Waals surface area contributed by atoms with Gasteiger partial charge in [-0.25, -0.2) is 13.8 Å². The van der Waals surface area contributed by atoms with E-state index >= 15 is 0 Å². The first-order valence-corrected chi connectivity index (χ1v) is 9.40. The average molecular weight is 398 g/mol. The zero-order valence-corrected chi connectivity index (χ0v) is 16.0. The lowest BCUT2D eigenvalue weighted by atomic mass is 10.1. The van der Waals surface area contributed by atoms with Crippen LogP contribution in [-0.2, 0) is 13.6 Å². The molecule has 1 aromatic carbocycles. The molecule has 5 nitrogen and oxygen atoms in total. The summed E-state index contributed by atoms with van der Waals surface area (Å²) in [7, 11) is 1.78. The number of thiophene rings is 1. The molecular weight excluding hydrogens is 382 g/mol. The number of rotatable bonds is 4. The Bertz CT molecular complexity index is 1170. The largest absolute Gasteiger partial charge is 0.300 e. The summed E-state index contributed by atoms with van der Waals surface area (Å²) in [5.41, 5.74) is 1.73. The van der Waals surface area contributed by atoms with Crippen LogP contribution >= 0.6 is 11.3 Å². The summed E-state index contributed by atoms with van der Waals surface area (Å²) >= 11 is 1.46. The molecule has 8 heteroatoms. The molecule has 142 valence electrons. The van der Waals surface area contributed by atoms with Crippen molar-refractivity contribution in [2.24, 2.45) is 7.05 Å². The molecule has 0 fully saturated rings. The summed E-state index contributed by atoms with van der Waals surface area (Å²) in [5.74, 6) is -1.91. The van der Waals surface area contributed by atoms with E-state index in [1.165, 1.54) is 28.5 Å². The molecule has 0 aliphatic carbocycles. The number of hydrogen-bond acceptors (Lipinski definition) is 4. The molecule has 1 amide bonds. The van der Waals surface area contributed by atoms with Gasteiger partial charge in [-0.2, -0.15) is 5.10 Å². The maximum atomic E-state index is 14.5. The topological polar surface area (TPSA) is 51.0 Å². The van der Waals surface area contributed by atoms with E-state index in [1.807, 2.05) is 24.4 Å². The molecular formula is C20H16F2N4OS. The molecule has 0 N–H and O–H groups in total. The van der Waals surface area contributed by atoms with Gasteiger partial charge in [0.2, 0.25) is 0 Å². The molecule has 0 atom stereocenters. The van der Waals surface area contributed by atoms with Crippen molar-refractivity contribution in [1.82, 2.24) is 14.8 Å². The van der Waals surface area contributed by atoms with Gasteiger partial charge in [0.15, 0.2) is 5.65 Å². The molecule has 0 saturated carbocycles. The average Bonchev–Trinajstić information content (AvgIpc) is 3.28. The first-order chi connectivity index (χ1) is 13.4. The molecule has 3 aromatic heterocycles. The highest BCUT2D eigenvalue weighted by molar-refractivity contribution is 7.09. The fraction of sp³-hybridized carbons (Fsp3) is 0.150. The second-order valence-corrected chi connectivity index (χ2v) is 7.40. The Labute approximate surface area is 163 Å². The first-order valence-electron chi connectivity index (χ1n) is 8.52. The van der Waals surface area contributed by atoms with E-state index in [0.717, 1.165) is 28.1 Å². The van der Waals surface area contributed by atoms with Crippen LogP contribution in [0.15, 0.2) is 48.0 Å². The van der Waals surface area contributed by atoms with Crippen LogP contribution in [0.25, 0.3) is 11.0 Å². The number of halogens is 2. The molecule has 0 bridgehead atoms. The van der Waals surface area contributed by atoms with Crippen LogP contribution in [0.5, 0.6) is 0 Å². The number of fused-ring (bicyclic) bond motifs is 1. The maximum Gasteiger partial charge on any atom is 0.260 e. The third-order valence-corrected chi connectivity index (χ3v) is 5.31. The van der Waals surface area contributed by atoms with Crippen LogP contribution in [0.2, 0.25) is 0 Å². The third-order valence-electron chi connectivity index (χ3n) is 4.45. The van der Waals surface area contributed by atoms with Crippen LogP contribution in [-0.4, -0.2) is 20.7 Å². The molecule has 28 heavy (non-hydrogen) atoms. The van der Waals surface area contributed by atoms with Gasteiger partial charge in [0.05, 0.1) is 23.5 Å². The first kappa shape index (κ1) is 18.2. The zero-order valence-electron chi connectivity index (χ0n) is 15.2. The highest BCUT2D eigenvalue weighted by Crippen LogP contribution is 2.26. The lowest BCUT2D eigenvalue weighted by molar-refractivity contribution is 0.0984. The number of benzene rings is 1. The van der Waals surface area contributed by atoms with Gasteiger partial charge in [-0.05, 0) is 36.6 Å². The van der Waals surface area contributed by atoms with Gasteiger partial charge in [0.25, 0.3) is 5.91 Å². The van der Waals surface area contributed by atoms with Crippen molar-refractivity contribution in [3.63, 3.8) is 0 Å². The van der Waals surface area contributed by atoms with Crippen LogP contribution in [0.1, 0.15) is 20.9 Å². The van der Waals surface area contributed by atoms with Crippen molar-refractivity contribution in [2.75, 3.05) is 4.90 Å². The predicted octanol–water partition coefficient (Wildman–Crippen LogP) is 4.46. The number of anilines is 1. The molecule has 0 aliphatic heterocycles. The Kier molecular flexibility index (Phi) is 4.64. The Morgan fingerprint density at radius 2 is 2.07 bits per heavy atom. The molecule has 4 rings (SSSR count). The molecule has 0 spiro atoms. The SMILES string of the molecule is Cc1nn(C)c2ncc(C(=O)N(Cc3cccs3)c3ccc(F)cc3F)cc12. The van der Waals surface area contributed by atoms with Crippen LogP contribution in [0.4, 0.5) is 14.5 Å². The van der Waals surface area contributed by atoms with Crippen LogP contribution in [0, 0.1) is 18.6 Å². The second kappa shape index (κ2) is 7.12. The Morgan fingerprint density at radius 1 is 1.25 bits per heavy atom. The summed E-state index contributed by atoms with van der Waals surface area (Å²) in [6, 6.07) is 8.61. The van der Waals surface area contributed by atoms with Crippen molar-refractivity contribution < 1.29 is 13.6 Å². The Morgan fingerprint density at radius 3 is 2.79 bits per heavy atom. The molecule has 3 heterocycles. The van der Waals surface area contributed by atoms with Gasteiger partial charge in [-0.15, -0.1) is 11.3 Å². The van der Waals surface area contributed by atoms with Gasteiger partial charge in [0.1, 0.15) is 11.6 Å². The number of hydrogen-bond donors (Lipinski definition) is 0. The second-order valence-electron chi connectivity index (χ2n) is 6.37. The normalized spacial score (nSPS) is 11.1. The number of aryl methyl sites for hydroxylation is 2. The van der Waals surface area contributed by atoms with Crippen molar-refractivity contribution in [3.05, 3.63) is 75.7 Å². The summed E-state index contributed by atoms with van der Waals surface area (Å²) < 4.78 is 29.5. The van der Waals surface area contributed by atoms with Gasteiger partial charge >= 0.3 is 0 Å². The van der Waals surface area contributed by atoms with Gasteiger partial charge < -0.3 is 4.90 Å². The Hall–Kier alpha value is -3.13. The summed E-state index contributed by atoms with van der Waals surface area (Å²) in [4.78, 5) is 19.8. The van der Waals surface area contributed by atoms with Crippen LogP contribution in [0.3, 0.4) is 0 Å². The van der Waals surface area contributed by atoms with Crippen molar-refractivity contribution in [2.45, 2.75) is 13.5 Å². The van der Waals surface area contributed by atoms with Crippen LogP contribution < -0.4 is 4.90 Å². The minimum Gasteiger partial charge on any atom is -0.300 e. The number of amides is 1. The molecule has 0 unspecified atom stereocenters. The number of carbonyl (C=O) groups is 1. The van der Waals surface area contributed by atoms with E-state index in [2.05, 4.69) is 10.1 Å². The van der Waals surface area contributed by atoms with E-state index in [1.54, 1.807) is 17.8 Å². The van der Waals surface area contributed by atoms with Crippen molar-refractivity contribution in [1.29, 1.82) is 0 Å². The summed E-state index contributed by atoms with van der Waals surface area (Å²) in [6.45, 7) is 2.00. The minimum atomic E-state index is -0.795. The van der Waals surface area contributed by atoms with Crippen molar-refractivity contribution in [3.8, 4) is 0 Å². The molecule has 0 radical (unpaired) electrons. The number of pyridine rings is 1. The standard InChI is InChI=1S/C20H16F2N4OS/c1-12-16-8-13(10-23-19(16)25(2)24-12)20(27)26(11-15-4-3-7-28-15)18-6-5-14(21)9-17(18)22/h3-10H,11H2,1-2H3. The van der Waals surface area contributed by atoms with E-state index in [9.17, 15) is 13.6 Å². The molecule has 0 saturated heterocycles. The van der Waals surface area contributed by atoms with E-state index in [-0.39, 0.29) is 12.2 Å². The zero-order chi connectivity index (χ0) is 19.8. The van der Waals surface area contributed by atoms with Gasteiger partial charge in [-0.3, -0.25) is 9.48 Å². The molecule has 4 aromatic rings. The fourth-order valence-electron chi connectivity index (χ4n) is 3.11. The lowest BCUT2D eigenvalue weighted by Gasteiger charge is -2.23. The fourth-order valence-corrected chi connectivity index (χ4v) is 3.80. The van der Waals surface area contributed by atoms with Gasteiger partial charge in [0, 0.05) is 29.6 Å². The van der Waals surface area contributed by atoms with E-state index < -0.39 is 17.5 Å². The monoisotopic (exact) mass is 398 g/mol. The summed E-state index contributed by atoms with van der Waals surface area (Å²) in [5, 5.41) is 6.94. The highest BCUT2D eigenvalue weighted by atomic mass is 32.1. The Balaban J connectivity index is 1.79. The maximum absolute atomic E-state index is 14.5. The predicted molar refractivity (Wildman–Crippen MR) is 104 cm³/mol. The van der Waals surface area contributed by atoms with Crippen molar-refractivity contribution >= 4 is 34.0 Å².